The van der Waals surface area contributed by atoms with E-state index >= 15 is 0 Å². The molecule has 0 spiro atoms. The highest BCUT2D eigenvalue weighted by atomic mass is 16.5. The number of ether oxygens (including phenoxy) is 1. The zero-order chi connectivity index (χ0) is 19.3. The Morgan fingerprint density at radius 2 is 1.86 bits per heavy atom. The number of anilines is 1. The molecule has 148 valence electrons. The average Bonchev–Trinajstić information content (AvgIpc) is 3.18. The number of rotatable bonds is 5. The van der Waals surface area contributed by atoms with Crippen LogP contribution in [-0.4, -0.2) is 43.7 Å². The zero-order valence-electron chi connectivity index (χ0n) is 16.7. The second-order valence-corrected chi connectivity index (χ2v) is 7.76. The molecule has 28 heavy (non-hydrogen) atoms. The van der Waals surface area contributed by atoms with Gasteiger partial charge in [0.05, 0.1) is 25.8 Å². The van der Waals surface area contributed by atoms with E-state index in [0.29, 0.717) is 12.5 Å². The molecule has 1 aliphatic carbocycles. The number of aryl methyl sites for hydroxylation is 3. The average molecular weight is 379 g/mol. The number of morpholine rings is 1. The quantitative estimate of drug-likeness (QED) is 0.619. The van der Waals surface area contributed by atoms with Gasteiger partial charge in [-0.1, -0.05) is 35.9 Å². The molecule has 0 amide bonds. The lowest BCUT2D eigenvalue weighted by atomic mass is 10.0. The zero-order valence-corrected chi connectivity index (χ0v) is 16.7. The van der Waals surface area contributed by atoms with E-state index in [0.717, 1.165) is 38.4 Å². The number of nitrogens with zero attached hydrogens (tertiary/aromatic N) is 2. The lowest BCUT2D eigenvalue weighted by Crippen LogP contribution is -2.40. The van der Waals surface area contributed by atoms with Crippen LogP contribution in [0.5, 0.6) is 0 Å². The van der Waals surface area contributed by atoms with Crippen molar-refractivity contribution in [1.82, 2.24) is 4.90 Å². The summed E-state index contributed by atoms with van der Waals surface area (Å²) in [5.41, 5.74) is 12.7. The molecule has 5 nitrogen and oxygen atoms in total. The number of aliphatic imine (C=N–C) groups is 1. The van der Waals surface area contributed by atoms with Gasteiger partial charge in [-0.25, -0.2) is 0 Å². The monoisotopic (exact) mass is 378 g/mol. The Balaban J connectivity index is 1.46. The number of nitrogens with two attached hydrogens (primary N) is 1. The summed E-state index contributed by atoms with van der Waals surface area (Å²) in [6.45, 7) is 6.14. The van der Waals surface area contributed by atoms with Crippen LogP contribution in [0, 0.1) is 6.92 Å². The van der Waals surface area contributed by atoms with E-state index in [1.165, 1.54) is 35.1 Å². The van der Waals surface area contributed by atoms with Crippen LogP contribution in [0.25, 0.3) is 0 Å². The maximum absolute atomic E-state index is 6.23. The molecule has 0 saturated carbocycles. The van der Waals surface area contributed by atoms with Gasteiger partial charge in [0.15, 0.2) is 5.96 Å². The highest BCUT2D eigenvalue weighted by molar-refractivity contribution is 5.92. The van der Waals surface area contributed by atoms with Crippen molar-refractivity contribution in [3.05, 3.63) is 64.7 Å². The van der Waals surface area contributed by atoms with Crippen LogP contribution in [0.3, 0.4) is 0 Å². The van der Waals surface area contributed by atoms with Crippen molar-refractivity contribution in [3.63, 3.8) is 0 Å². The van der Waals surface area contributed by atoms with Gasteiger partial charge < -0.3 is 15.8 Å². The van der Waals surface area contributed by atoms with Gasteiger partial charge in [0.2, 0.25) is 0 Å². The molecule has 1 unspecified atom stereocenters. The normalized spacial score (nSPS) is 18.7. The number of guanidine groups is 1. The van der Waals surface area contributed by atoms with Crippen LogP contribution in [0.15, 0.2) is 47.5 Å². The molecular weight excluding hydrogens is 348 g/mol. The Morgan fingerprint density at radius 1 is 1.11 bits per heavy atom. The van der Waals surface area contributed by atoms with Crippen LogP contribution in [0.2, 0.25) is 0 Å². The first-order valence-corrected chi connectivity index (χ1v) is 10.3. The minimum Gasteiger partial charge on any atom is -0.379 e. The molecule has 1 heterocycles. The van der Waals surface area contributed by atoms with Crippen molar-refractivity contribution in [1.29, 1.82) is 0 Å². The molecule has 4 rings (SSSR count). The van der Waals surface area contributed by atoms with Crippen molar-refractivity contribution >= 4 is 11.6 Å². The molecule has 1 saturated heterocycles. The minimum atomic E-state index is 0.213. The molecule has 0 bridgehead atoms. The molecule has 1 aliphatic heterocycles. The van der Waals surface area contributed by atoms with Gasteiger partial charge in [0.25, 0.3) is 0 Å². The van der Waals surface area contributed by atoms with Crippen molar-refractivity contribution in [2.45, 2.75) is 32.2 Å². The number of benzene rings is 2. The van der Waals surface area contributed by atoms with Crippen LogP contribution in [0.4, 0.5) is 5.69 Å². The van der Waals surface area contributed by atoms with Crippen LogP contribution in [-0.2, 0) is 17.6 Å². The van der Waals surface area contributed by atoms with Crippen molar-refractivity contribution in [2.24, 2.45) is 10.7 Å². The molecule has 0 aromatic heterocycles. The lowest BCUT2D eigenvalue weighted by molar-refractivity contribution is 0.0180. The fourth-order valence-corrected chi connectivity index (χ4v) is 4.13. The first kappa shape index (κ1) is 19.0. The lowest BCUT2D eigenvalue weighted by Gasteiger charge is -2.34. The number of fused-ring (bicyclic) bond motifs is 1. The van der Waals surface area contributed by atoms with Gasteiger partial charge in [-0.3, -0.25) is 9.89 Å². The summed E-state index contributed by atoms with van der Waals surface area (Å²) in [6.07, 6.45) is 3.60. The molecule has 1 fully saturated rings. The first-order chi connectivity index (χ1) is 13.7. The highest BCUT2D eigenvalue weighted by Crippen LogP contribution is 2.25. The van der Waals surface area contributed by atoms with Crippen molar-refractivity contribution in [3.8, 4) is 0 Å². The van der Waals surface area contributed by atoms with Gasteiger partial charge in [-0.2, -0.15) is 0 Å². The van der Waals surface area contributed by atoms with E-state index < -0.39 is 0 Å². The molecule has 2 aliphatic rings. The molecule has 2 aromatic rings. The summed E-state index contributed by atoms with van der Waals surface area (Å²) in [5.74, 6) is 0.475. The van der Waals surface area contributed by atoms with E-state index in [4.69, 9.17) is 10.5 Å². The van der Waals surface area contributed by atoms with Gasteiger partial charge in [-0.05, 0) is 55.0 Å². The fourth-order valence-electron chi connectivity index (χ4n) is 4.13. The molecule has 0 radical (unpaired) electrons. The Hall–Kier alpha value is -2.37. The highest BCUT2D eigenvalue weighted by Gasteiger charge is 2.22. The molecular formula is C23H30N4O. The minimum absolute atomic E-state index is 0.213. The predicted octanol–water partition coefficient (Wildman–Crippen LogP) is 3.28. The van der Waals surface area contributed by atoms with E-state index in [1.54, 1.807) is 0 Å². The predicted molar refractivity (Wildman–Crippen MR) is 115 cm³/mol. The maximum Gasteiger partial charge on any atom is 0.193 e. The standard InChI is InChI=1S/C23H30N4O/c1-17-5-7-19(8-6-17)22(27-11-13-28-14-12-27)16-25-23(24)26-21-10-9-18-3-2-4-20(18)15-21/h5-10,15,22H,2-4,11-14,16H2,1H3,(H3,24,25,26). The van der Waals surface area contributed by atoms with E-state index in [-0.39, 0.29) is 6.04 Å². The third-order valence-electron chi connectivity index (χ3n) is 5.75. The largest absolute Gasteiger partial charge is 0.379 e. The van der Waals surface area contributed by atoms with Crippen molar-refractivity contribution < 1.29 is 4.74 Å². The first-order valence-electron chi connectivity index (χ1n) is 10.3. The summed E-state index contributed by atoms with van der Waals surface area (Å²) in [4.78, 5) is 7.13. The Kier molecular flexibility index (Phi) is 5.93. The van der Waals surface area contributed by atoms with E-state index in [1.807, 2.05) is 0 Å². The van der Waals surface area contributed by atoms with Gasteiger partial charge >= 0.3 is 0 Å². The SMILES string of the molecule is Cc1ccc(C(CN=C(N)Nc2ccc3c(c2)CCC3)N2CCOCC2)cc1. The van der Waals surface area contributed by atoms with E-state index in [2.05, 4.69) is 64.6 Å². The second kappa shape index (κ2) is 8.76. The third kappa shape index (κ3) is 4.54. The van der Waals surface area contributed by atoms with Gasteiger partial charge in [-0.15, -0.1) is 0 Å². The van der Waals surface area contributed by atoms with Crippen LogP contribution >= 0.6 is 0 Å². The maximum atomic E-state index is 6.23. The topological polar surface area (TPSA) is 62.9 Å². The molecule has 3 N–H and O–H groups in total. The Labute approximate surface area is 167 Å². The summed E-state index contributed by atoms with van der Waals surface area (Å²) >= 11 is 0. The summed E-state index contributed by atoms with van der Waals surface area (Å²) in [6, 6.07) is 15.5. The number of hydrogen-bond acceptors (Lipinski definition) is 3. The summed E-state index contributed by atoms with van der Waals surface area (Å²) in [7, 11) is 0. The summed E-state index contributed by atoms with van der Waals surface area (Å²) in [5, 5.41) is 3.28. The molecule has 5 heteroatoms. The summed E-state index contributed by atoms with van der Waals surface area (Å²) < 4.78 is 5.53. The number of hydrogen-bond donors (Lipinski definition) is 2. The Bertz CT molecular complexity index is 825. The Morgan fingerprint density at radius 3 is 2.64 bits per heavy atom. The molecule has 1 atom stereocenters. The second-order valence-electron chi connectivity index (χ2n) is 7.76. The number of nitrogens with one attached hydrogen (secondary N) is 1. The molecule has 2 aromatic carbocycles. The smallest absolute Gasteiger partial charge is 0.193 e. The van der Waals surface area contributed by atoms with Crippen molar-refractivity contribution in [2.75, 3.05) is 38.2 Å². The van der Waals surface area contributed by atoms with E-state index in [9.17, 15) is 0 Å². The fraction of sp³-hybridized carbons (Fsp3) is 0.435. The third-order valence-corrected chi connectivity index (χ3v) is 5.75. The van der Waals surface area contributed by atoms with Gasteiger partial charge in [0, 0.05) is 18.8 Å². The van der Waals surface area contributed by atoms with Crippen LogP contribution in [0.1, 0.15) is 34.7 Å². The van der Waals surface area contributed by atoms with Gasteiger partial charge in [0.1, 0.15) is 0 Å². The van der Waals surface area contributed by atoms with Crippen LogP contribution < -0.4 is 11.1 Å².